The highest BCUT2D eigenvalue weighted by molar-refractivity contribution is 5.88. The zero-order valence-electron chi connectivity index (χ0n) is 10.3. The molecule has 1 rings (SSSR count). The molecule has 0 radical (unpaired) electrons. The highest BCUT2D eigenvalue weighted by Crippen LogP contribution is 2.08. The highest BCUT2D eigenvalue weighted by atomic mass is 16.5. The van der Waals surface area contributed by atoms with E-state index in [0.29, 0.717) is 18.9 Å². The molecule has 1 heterocycles. The van der Waals surface area contributed by atoms with Gasteiger partial charge in [0.05, 0.1) is 37.8 Å². The molecule has 0 saturated heterocycles. The Morgan fingerprint density at radius 3 is 2.82 bits per heavy atom. The summed E-state index contributed by atoms with van der Waals surface area (Å²) in [6.45, 7) is 5.05. The van der Waals surface area contributed by atoms with Gasteiger partial charge in [0, 0.05) is 7.05 Å². The maximum absolute atomic E-state index is 10.9. The summed E-state index contributed by atoms with van der Waals surface area (Å²) in [4.78, 5) is 10.9. The zero-order valence-corrected chi connectivity index (χ0v) is 10.3. The van der Waals surface area contributed by atoms with Crippen LogP contribution in [0.4, 0.5) is 0 Å². The summed E-state index contributed by atoms with van der Waals surface area (Å²) in [5.41, 5.74) is 0.735. The second kappa shape index (κ2) is 6.36. The third kappa shape index (κ3) is 4.16. The summed E-state index contributed by atoms with van der Waals surface area (Å²) < 4.78 is 12.2. The zero-order chi connectivity index (χ0) is 12.8. The van der Waals surface area contributed by atoms with Crippen molar-refractivity contribution in [3.05, 3.63) is 17.5 Å². The van der Waals surface area contributed by atoms with Crippen molar-refractivity contribution >= 4 is 5.97 Å². The number of rotatable bonds is 7. The molecule has 0 aliphatic rings. The minimum absolute atomic E-state index is 0.171. The monoisotopic (exact) mass is 242 g/mol. The van der Waals surface area contributed by atoms with E-state index in [1.54, 1.807) is 7.05 Å². The molecule has 0 aliphatic carbocycles. The van der Waals surface area contributed by atoms with Crippen molar-refractivity contribution in [1.29, 1.82) is 0 Å². The van der Waals surface area contributed by atoms with Crippen molar-refractivity contribution < 1.29 is 19.4 Å². The van der Waals surface area contributed by atoms with Crippen LogP contribution in [-0.2, 0) is 23.1 Å². The minimum Gasteiger partial charge on any atom is -0.478 e. The Hall–Kier alpha value is -1.40. The van der Waals surface area contributed by atoms with Gasteiger partial charge < -0.3 is 14.6 Å². The summed E-state index contributed by atoms with van der Waals surface area (Å²) in [6.07, 6.45) is 1.50. The van der Waals surface area contributed by atoms with Gasteiger partial charge >= 0.3 is 5.97 Å². The van der Waals surface area contributed by atoms with Crippen molar-refractivity contribution in [1.82, 2.24) is 9.78 Å². The third-order valence-corrected chi connectivity index (χ3v) is 2.21. The Bertz CT molecular complexity index is 374. The van der Waals surface area contributed by atoms with E-state index in [-0.39, 0.29) is 18.3 Å². The van der Waals surface area contributed by atoms with Crippen LogP contribution in [0.2, 0.25) is 0 Å². The van der Waals surface area contributed by atoms with Gasteiger partial charge in [-0.1, -0.05) is 0 Å². The van der Waals surface area contributed by atoms with Gasteiger partial charge in [0.25, 0.3) is 0 Å². The average Bonchev–Trinajstić information content (AvgIpc) is 2.59. The fourth-order valence-corrected chi connectivity index (χ4v) is 1.32. The molecule has 0 amide bonds. The predicted molar refractivity (Wildman–Crippen MR) is 60.9 cm³/mol. The summed E-state index contributed by atoms with van der Waals surface area (Å²) in [7, 11) is 1.69. The van der Waals surface area contributed by atoms with Crippen molar-refractivity contribution in [2.75, 3.05) is 13.2 Å². The molecule has 96 valence electrons. The van der Waals surface area contributed by atoms with E-state index < -0.39 is 5.97 Å². The molecule has 1 N–H and O–H groups in total. The normalized spacial score (nSPS) is 11.1. The SMILES string of the molecule is CC(C)OCCOCc1c(C(=O)O)cnn1C. The largest absolute Gasteiger partial charge is 0.478 e. The highest BCUT2D eigenvalue weighted by Gasteiger charge is 2.14. The Morgan fingerprint density at radius 2 is 2.24 bits per heavy atom. The maximum Gasteiger partial charge on any atom is 0.339 e. The first-order valence-corrected chi connectivity index (χ1v) is 5.46. The fourth-order valence-electron chi connectivity index (χ4n) is 1.32. The smallest absolute Gasteiger partial charge is 0.339 e. The molecule has 0 aliphatic heterocycles. The number of carbonyl (C=O) groups is 1. The number of aryl methyl sites for hydroxylation is 1. The van der Waals surface area contributed by atoms with E-state index in [2.05, 4.69) is 5.10 Å². The number of hydrogen-bond donors (Lipinski definition) is 1. The van der Waals surface area contributed by atoms with Crippen LogP contribution in [0.25, 0.3) is 0 Å². The molecule has 0 fully saturated rings. The Kier molecular flexibility index (Phi) is 5.11. The van der Waals surface area contributed by atoms with Gasteiger partial charge in [-0.2, -0.15) is 5.10 Å². The number of carboxylic acids is 1. The van der Waals surface area contributed by atoms with Crippen LogP contribution in [0.3, 0.4) is 0 Å². The topological polar surface area (TPSA) is 73.6 Å². The van der Waals surface area contributed by atoms with Gasteiger partial charge in [-0.25, -0.2) is 4.79 Å². The van der Waals surface area contributed by atoms with Crippen molar-refractivity contribution in [2.24, 2.45) is 7.05 Å². The van der Waals surface area contributed by atoms with E-state index >= 15 is 0 Å². The molecule has 0 aromatic carbocycles. The molecule has 1 aromatic heterocycles. The van der Waals surface area contributed by atoms with E-state index in [1.165, 1.54) is 10.9 Å². The molecule has 1 aromatic rings. The first-order chi connectivity index (χ1) is 8.02. The van der Waals surface area contributed by atoms with Gasteiger partial charge in [0.15, 0.2) is 0 Å². The predicted octanol–water partition coefficient (Wildman–Crippen LogP) is 1.06. The molecule has 6 nitrogen and oxygen atoms in total. The molecule has 0 unspecified atom stereocenters. The van der Waals surface area contributed by atoms with E-state index in [0.717, 1.165) is 0 Å². The number of ether oxygens (including phenoxy) is 2. The first-order valence-electron chi connectivity index (χ1n) is 5.46. The Morgan fingerprint density at radius 1 is 1.53 bits per heavy atom. The Balaban J connectivity index is 2.41. The van der Waals surface area contributed by atoms with Crippen LogP contribution < -0.4 is 0 Å². The number of carboxylic acid groups (broad SMARTS) is 1. The standard InChI is InChI=1S/C11H18N2O4/c1-8(2)17-5-4-16-7-10-9(11(14)15)6-12-13(10)3/h6,8H,4-5,7H2,1-3H3,(H,14,15). The van der Waals surface area contributed by atoms with Gasteiger partial charge in [-0.3, -0.25) is 4.68 Å². The number of nitrogens with zero attached hydrogens (tertiary/aromatic N) is 2. The van der Waals surface area contributed by atoms with Gasteiger partial charge in [-0.05, 0) is 13.8 Å². The van der Waals surface area contributed by atoms with Crippen molar-refractivity contribution in [3.8, 4) is 0 Å². The summed E-state index contributed by atoms with van der Waals surface area (Å²) in [5, 5.41) is 12.8. The van der Waals surface area contributed by atoms with Gasteiger partial charge in [0.2, 0.25) is 0 Å². The van der Waals surface area contributed by atoms with E-state index in [4.69, 9.17) is 14.6 Å². The number of aromatic nitrogens is 2. The van der Waals surface area contributed by atoms with Crippen LogP contribution in [0.1, 0.15) is 29.9 Å². The third-order valence-electron chi connectivity index (χ3n) is 2.21. The maximum atomic E-state index is 10.9. The lowest BCUT2D eigenvalue weighted by atomic mass is 10.2. The molecule has 6 heteroatoms. The summed E-state index contributed by atoms with van der Waals surface area (Å²) >= 11 is 0. The van der Waals surface area contributed by atoms with Crippen molar-refractivity contribution in [2.45, 2.75) is 26.6 Å². The lowest BCUT2D eigenvalue weighted by molar-refractivity contribution is 0.0126. The van der Waals surface area contributed by atoms with Crippen LogP contribution in [0.5, 0.6) is 0 Å². The van der Waals surface area contributed by atoms with E-state index in [1.807, 2.05) is 13.8 Å². The number of aromatic carboxylic acids is 1. The van der Waals surface area contributed by atoms with Crippen LogP contribution in [0.15, 0.2) is 6.20 Å². The van der Waals surface area contributed by atoms with Crippen molar-refractivity contribution in [3.63, 3.8) is 0 Å². The molecule has 0 atom stereocenters. The van der Waals surface area contributed by atoms with E-state index in [9.17, 15) is 4.79 Å². The molecular formula is C11H18N2O4. The minimum atomic E-state index is -0.991. The summed E-state index contributed by atoms with van der Waals surface area (Å²) in [6, 6.07) is 0. The molecule has 0 spiro atoms. The molecular weight excluding hydrogens is 224 g/mol. The quantitative estimate of drug-likeness (QED) is 0.724. The van der Waals surface area contributed by atoms with Crippen LogP contribution in [0, 0.1) is 0 Å². The summed E-state index contributed by atoms with van der Waals surface area (Å²) in [5.74, 6) is -0.991. The molecule has 0 saturated carbocycles. The lowest BCUT2D eigenvalue weighted by Gasteiger charge is -2.08. The van der Waals surface area contributed by atoms with Gasteiger partial charge in [-0.15, -0.1) is 0 Å². The van der Waals surface area contributed by atoms with Gasteiger partial charge in [0.1, 0.15) is 5.56 Å². The molecule has 17 heavy (non-hydrogen) atoms. The lowest BCUT2D eigenvalue weighted by Crippen LogP contribution is -2.12. The van der Waals surface area contributed by atoms with Crippen LogP contribution in [-0.4, -0.2) is 40.2 Å². The Labute approximate surface area is 100 Å². The number of hydrogen-bond acceptors (Lipinski definition) is 4. The molecule has 0 bridgehead atoms. The average molecular weight is 242 g/mol. The second-order valence-corrected chi connectivity index (χ2v) is 3.91. The first kappa shape index (κ1) is 13.7. The van der Waals surface area contributed by atoms with Crippen LogP contribution >= 0.6 is 0 Å². The second-order valence-electron chi connectivity index (χ2n) is 3.91. The fraction of sp³-hybridized carbons (Fsp3) is 0.636.